The van der Waals surface area contributed by atoms with Crippen molar-refractivity contribution in [2.75, 3.05) is 18.9 Å². The van der Waals surface area contributed by atoms with E-state index in [9.17, 15) is 4.79 Å². The van der Waals surface area contributed by atoms with E-state index < -0.39 is 0 Å². The van der Waals surface area contributed by atoms with Gasteiger partial charge in [0.05, 0.1) is 17.8 Å². The number of carbonyl (C=O) groups excluding carboxylic acids is 1. The van der Waals surface area contributed by atoms with Gasteiger partial charge in [0, 0.05) is 25.0 Å². The molecular formula is C14H18N4O2. The number of nitrogens with one attached hydrogen (secondary N) is 1. The Labute approximate surface area is 117 Å². The van der Waals surface area contributed by atoms with E-state index in [1.54, 1.807) is 37.0 Å². The highest BCUT2D eigenvalue weighted by atomic mass is 16.5. The molecule has 1 amide bonds. The molecule has 1 aromatic heterocycles. The van der Waals surface area contributed by atoms with Gasteiger partial charge in [0.2, 0.25) is 0 Å². The standard InChI is InChI=1S/C14H18N4O2/c1-10-13(9-18(2)17-10)14(19)16-6-7-20-12-5-3-4-11(15)8-12/h3-5,8-9H,6-7,15H2,1-2H3,(H,16,19). The number of nitrogen functional groups attached to an aromatic ring is 1. The van der Waals surface area contributed by atoms with Crippen LogP contribution in [0.1, 0.15) is 16.1 Å². The summed E-state index contributed by atoms with van der Waals surface area (Å²) in [6.07, 6.45) is 1.70. The highest BCUT2D eigenvalue weighted by molar-refractivity contribution is 5.94. The molecule has 0 fully saturated rings. The first-order valence-corrected chi connectivity index (χ1v) is 6.33. The Morgan fingerprint density at radius 3 is 2.95 bits per heavy atom. The summed E-state index contributed by atoms with van der Waals surface area (Å²) in [6.45, 7) is 2.61. The molecule has 0 saturated heterocycles. The fraction of sp³-hybridized carbons (Fsp3) is 0.286. The van der Waals surface area contributed by atoms with Crippen LogP contribution in [0.3, 0.4) is 0 Å². The van der Waals surface area contributed by atoms with Crippen LogP contribution in [0.5, 0.6) is 5.75 Å². The van der Waals surface area contributed by atoms with Crippen molar-refractivity contribution in [3.63, 3.8) is 0 Å². The predicted molar refractivity (Wildman–Crippen MR) is 76.6 cm³/mol. The third kappa shape index (κ3) is 3.50. The number of benzene rings is 1. The second-order valence-corrected chi connectivity index (χ2v) is 4.48. The molecule has 0 saturated carbocycles. The van der Waals surface area contributed by atoms with Gasteiger partial charge in [-0.3, -0.25) is 9.48 Å². The molecule has 6 heteroatoms. The maximum absolute atomic E-state index is 11.9. The maximum Gasteiger partial charge on any atom is 0.254 e. The van der Waals surface area contributed by atoms with Crippen LogP contribution in [-0.2, 0) is 7.05 Å². The van der Waals surface area contributed by atoms with Crippen molar-refractivity contribution in [3.8, 4) is 5.75 Å². The topological polar surface area (TPSA) is 82.2 Å². The quantitative estimate of drug-likeness (QED) is 0.632. The summed E-state index contributed by atoms with van der Waals surface area (Å²) in [5.41, 5.74) is 7.59. The van der Waals surface area contributed by atoms with E-state index >= 15 is 0 Å². The summed E-state index contributed by atoms with van der Waals surface area (Å²) in [5.74, 6) is 0.545. The van der Waals surface area contributed by atoms with Crippen LogP contribution in [0, 0.1) is 6.92 Å². The van der Waals surface area contributed by atoms with Crippen LogP contribution < -0.4 is 15.8 Å². The second-order valence-electron chi connectivity index (χ2n) is 4.48. The van der Waals surface area contributed by atoms with Gasteiger partial charge in [0.25, 0.3) is 5.91 Å². The van der Waals surface area contributed by atoms with Gasteiger partial charge in [0.15, 0.2) is 0 Å². The average Bonchev–Trinajstić information content (AvgIpc) is 2.74. The van der Waals surface area contributed by atoms with Gasteiger partial charge in [-0.15, -0.1) is 0 Å². The van der Waals surface area contributed by atoms with Crippen LogP contribution in [0.2, 0.25) is 0 Å². The molecule has 1 heterocycles. The van der Waals surface area contributed by atoms with E-state index in [0.29, 0.717) is 35.8 Å². The Hall–Kier alpha value is -2.50. The summed E-state index contributed by atoms with van der Waals surface area (Å²) in [6, 6.07) is 7.18. The third-order valence-electron chi connectivity index (χ3n) is 2.77. The second kappa shape index (κ2) is 6.10. The Morgan fingerprint density at radius 2 is 2.30 bits per heavy atom. The van der Waals surface area contributed by atoms with Crippen molar-refractivity contribution in [1.82, 2.24) is 15.1 Å². The number of nitrogens with two attached hydrogens (primary N) is 1. The zero-order valence-corrected chi connectivity index (χ0v) is 11.6. The van der Waals surface area contributed by atoms with E-state index in [-0.39, 0.29) is 5.91 Å². The lowest BCUT2D eigenvalue weighted by Crippen LogP contribution is -2.28. The van der Waals surface area contributed by atoms with Crippen molar-refractivity contribution in [2.45, 2.75) is 6.92 Å². The van der Waals surface area contributed by atoms with Gasteiger partial charge < -0.3 is 15.8 Å². The summed E-state index contributed by atoms with van der Waals surface area (Å²) in [4.78, 5) is 11.9. The number of rotatable bonds is 5. The van der Waals surface area contributed by atoms with Crippen molar-refractivity contribution in [3.05, 3.63) is 41.7 Å². The van der Waals surface area contributed by atoms with E-state index in [2.05, 4.69) is 10.4 Å². The van der Waals surface area contributed by atoms with Crippen molar-refractivity contribution in [1.29, 1.82) is 0 Å². The highest BCUT2D eigenvalue weighted by Gasteiger charge is 2.11. The monoisotopic (exact) mass is 274 g/mol. The molecule has 0 unspecified atom stereocenters. The average molecular weight is 274 g/mol. The van der Waals surface area contributed by atoms with Gasteiger partial charge in [-0.2, -0.15) is 5.10 Å². The minimum atomic E-state index is -0.147. The van der Waals surface area contributed by atoms with E-state index in [0.717, 1.165) is 0 Å². The van der Waals surface area contributed by atoms with Crippen LogP contribution in [0.4, 0.5) is 5.69 Å². The number of aryl methyl sites for hydroxylation is 2. The van der Waals surface area contributed by atoms with Crippen LogP contribution >= 0.6 is 0 Å². The summed E-state index contributed by atoms with van der Waals surface area (Å²) >= 11 is 0. The van der Waals surface area contributed by atoms with E-state index in [1.807, 2.05) is 12.1 Å². The Bertz CT molecular complexity index is 607. The molecule has 1 aromatic carbocycles. The molecule has 0 aliphatic carbocycles. The number of amides is 1. The normalized spacial score (nSPS) is 10.3. The minimum Gasteiger partial charge on any atom is -0.492 e. The smallest absolute Gasteiger partial charge is 0.254 e. The largest absolute Gasteiger partial charge is 0.492 e. The summed E-state index contributed by atoms with van der Waals surface area (Å²) in [5, 5.41) is 6.92. The first kappa shape index (κ1) is 13.9. The Balaban J connectivity index is 1.79. The lowest BCUT2D eigenvalue weighted by molar-refractivity contribution is 0.0946. The molecule has 0 aliphatic rings. The molecule has 0 bridgehead atoms. The lowest BCUT2D eigenvalue weighted by atomic mass is 10.2. The number of aromatic nitrogens is 2. The first-order chi connectivity index (χ1) is 9.56. The first-order valence-electron chi connectivity index (χ1n) is 6.33. The zero-order chi connectivity index (χ0) is 14.5. The number of carbonyl (C=O) groups is 1. The molecule has 20 heavy (non-hydrogen) atoms. The molecule has 106 valence electrons. The Kier molecular flexibility index (Phi) is 4.24. The molecular weight excluding hydrogens is 256 g/mol. The van der Waals surface area contributed by atoms with E-state index in [1.165, 1.54) is 0 Å². The number of ether oxygens (including phenoxy) is 1. The van der Waals surface area contributed by atoms with Crippen LogP contribution in [0.25, 0.3) is 0 Å². The molecule has 2 rings (SSSR count). The summed E-state index contributed by atoms with van der Waals surface area (Å²) < 4.78 is 7.11. The SMILES string of the molecule is Cc1nn(C)cc1C(=O)NCCOc1cccc(N)c1. The van der Waals surface area contributed by atoms with Crippen molar-refractivity contribution >= 4 is 11.6 Å². The molecule has 3 N–H and O–H groups in total. The lowest BCUT2D eigenvalue weighted by Gasteiger charge is -2.07. The maximum atomic E-state index is 11.9. The Morgan fingerprint density at radius 1 is 1.50 bits per heavy atom. The van der Waals surface area contributed by atoms with Gasteiger partial charge in [-0.1, -0.05) is 6.07 Å². The number of hydrogen-bond acceptors (Lipinski definition) is 4. The summed E-state index contributed by atoms with van der Waals surface area (Å²) in [7, 11) is 1.78. The predicted octanol–water partition coefficient (Wildman–Crippen LogP) is 1.12. The number of nitrogens with zero attached hydrogens (tertiary/aromatic N) is 2. The molecule has 2 aromatic rings. The van der Waals surface area contributed by atoms with Crippen molar-refractivity contribution in [2.24, 2.45) is 7.05 Å². The fourth-order valence-corrected chi connectivity index (χ4v) is 1.86. The molecule has 6 nitrogen and oxygen atoms in total. The fourth-order valence-electron chi connectivity index (χ4n) is 1.86. The highest BCUT2D eigenvalue weighted by Crippen LogP contribution is 2.13. The molecule has 0 atom stereocenters. The molecule has 0 aliphatic heterocycles. The van der Waals surface area contributed by atoms with Crippen molar-refractivity contribution < 1.29 is 9.53 Å². The van der Waals surface area contributed by atoms with Gasteiger partial charge in [-0.05, 0) is 19.1 Å². The van der Waals surface area contributed by atoms with Gasteiger partial charge in [0.1, 0.15) is 12.4 Å². The van der Waals surface area contributed by atoms with Crippen LogP contribution in [-0.4, -0.2) is 28.8 Å². The number of anilines is 1. The van der Waals surface area contributed by atoms with Crippen LogP contribution in [0.15, 0.2) is 30.5 Å². The minimum absolute atomic E-state index is 0.147. The van der Waals surface area contributed by atoms with Gasteiger partial charge >= 0.3 is 0 Å². The number of hydrogen-bond donors (Lipinski definition) is 2. The van der Waals surface area contributed by atoms with E-state index in [4.69, 9.17) is 10.5 Å². The third-order valence-corrected chi connectivity index (χ3v) is 2.77. The molecule has 0 spiro atoms. The van der Waals surface area contributed by atoms with Gasteiger partial charge in [-0.25, -0.2) is 0 Å². The molecule has 0 radical (unpaired) electrons. The zero-order valence-electron chi connectivity index (χ0n) is 11.6.